The molecule has 1 aliphatic heterocycles. The molecule has 186 valence electrons. The van der Waals surface area contributed by atoms with Crippen LogP contribution in [0.4, 0.5) is 4.79 Å². The molecule has 1 N–H and O–H groups in total. The number of amides is 2. The highest BCUT2D eigenvalue weighted by Crippen LogP contribution is 2.22. The third-order valence-electron chi connectivity index (χ3n) is 5.51. The summed E-state index contributed by atoms with van der Waals surface area (Å²) in [6, 6.07) is 15.9. The van der Waals surface area contributed by atoms with Crippen molar-refractivity contribution in [3.8, 4) is 0 Å². The highest BCUT2D eigenvalue weighted by molar-refractivity contribution is 6.01. The summed E-state index contributed by atoms with van der Waals surface area (Å²) >= 11 is 0. The van der Waals surface area contributed by atoms with Crippen LogP contribution in [0, 0.1) is 0 Å². The van der Waals surface area contributed by atoms with E-state index in [-0.39, 0.29) is 18.8 Å². The van der Waals surface area contributed by atoms with Gasteiger partial charge in [-0.3, -0.25) is 9.59 Å². The number of Topliss-reactive ketones (excluding diaryl/α,β-unsaturated/α-hetero) is 1. The summed E-state index contributed by atoms with van der Waals surface area (Å²) in [4.78, 5) is 53.0. The lowest BCUT2D eigenvalue weighted by atomic mass is 10.0. The number of carbonyl (C=O) groups excluding carboxylic acids is 4. The molecule has 1 fully saturated rings. The van der Waals surface area contributed by atoms with E-state index in [1.807, 2.05) is 30.3 Å². The number of likely N-dealkylation sites (tertiary alicyclic amines) is 1. The first-order valence-corrected chi connectivity index (χ1v) is 11.7. The molecule has 1 aliphatic rings. The average molecular weight is 481 g/mol. The van der Waals surface area contributed by atoms with E-state index in [0.29, 0.717) is 24.9 Å². The number of rotatable bonds is 8. The zero-order valence-electron chi connectivity index (χ0n) is 20.4. The average Bonchev–Trinajstić information content (AvgIpc) is 3.32. The summed E-state index contributed by atoms with van der Waals surface area (Å²) in [6.07, 6.45) is -0.00265. The lowest BCUT2D eigenvalue weighted by Gasteiger charge is -2.29. The van der Waals surface area contributed by atoms with E-state index in [1.54, 1.807) is 51.1 Å². The summed E-state index contributed by atoms with van der Waals surface area (Å²) in [7, 11) is 0. The maximum Gasteiger partial charge on any atom is 0.408 e. The van der Waals surface area contributed by atoms with Crippen molar-refractivity contribution in [2.45, 2.75) is 64.3 Å². The third-order valence-corrected chi connectivity index (χ3v) is 5.51. The van der Waals surface area contributed by atoms with Crippen LogP contribution in [0.1, 0.15) is 56.0 Å². The van der Waals surface area contributed by atoms with Crippen LogP contribution in [0.25, 0.3) is 0 Å². The Balaban J connectivity index is 1.73. The first-order valence-electron chi connectivity index (χ1n) is 11.7. The number of benzene rings is 2. The van der Waals surface area contributed by atoms with Gasteiger partial charge in [-0.05, 0) is 39.2 Å². The van der Waals surface area contributed by atoms with Gasteiger partial charge in [0.15, 0.2) is 5.78 Å². The summed E-state index contributed by atoms with van der Waals surface area (Å²) in [5, 5.41) is 2.54. The first kappa shape index (κ1) is 25.9. The van der Waals surface area contributed by atoms with Crippen LogP contribution >= 0.6 is 0 Å². The molecule has 1 heterocycles. The van der Waals surface area contributed by atoms with Gasteiger partial charge in [0, 0.05) is 18.5 Å². The molecular formula is C27H32N2O6. The molecule has 0 aliphatic carbocycles. The van der Waals surface area contributed by atoms with Crippen LogP contribution in [-0.2, 0) is 25.7 Å². The maximum absolute atomic E-state index is 13.5. The fraction of sp³-hybridized carbons (Fsp3) is 0.407. The molecule has 0 saturated carbocycles. The standard InChI is InChI=1S/C27H32N2O6/c1-27(2,3)35-26(33)28-21(17-23(30)20-13-8-5-9-14-20)24(31)29-16-10-15-22(29)25(32)34-18-19-11-6-4-7-12-19/h4-9,11-14,21-22H,10,15-18H2,1-3H3,(H,28,33)/t21-,22-/m0/s1. The fourth-order valence-electron chi connectivity index (χ4n) is 3.88. The first-order chi connectivity index (χ1) is 16.6. The number of nitrogens with one attached hydrogen (secondary N) is 1. The minimum atomic E-state index is -1.18. The van der Waals surface area contributed by atoms with Crippen LogP contribution in [0.3, 0.4) is 0 Å². The third kappa shape index (κ3) is 7.67. The lowest BCUT2D eigenvalue weighted by molar-refractivity contribution is -0.155. The fourth-order valence-corrected chi connectivity index (χ4v) is 3.88. The van der Waals surface area contributed by atoms with Crippen molar-refractivity contribution >= 4 is 23.8 Å². The largest absolute Gasteiger partial charge is 0.459 e. The molecule has 1 saturated heterocycles. The molecule has 35 heavy (non-hydrogen) atoms. The van der Waals surface area contributed by atoms with E-state index in [9.17, 15) is 19.2 Å². The smallest absolute Gasteiger partial charge is 0.408 e. The Morgan fingerprint density at radius 2 is 1.63 bits per heavy atom. The molecule has 8 heteroatoms. The summed E-state index contributed by atoms with van der Waals surface area (Å²) < 4.78 is 10.8. The number of hydrogen-bond acceptors (Lipinski definition) is 6. The molecule has 2 aromatic carbocycles. The van der Waals surface area contributed by atoms with E-state index in [4.69, 9.17) is 9.47 Å². The Kier molecular flexibility index (Phi) is 8.63. The van der Waals surface area contributed by atoms with E-state index in [1.165, 1.54) is 4.90 Å². The van der Waals surface area contributed by atoms with Crippen molar-refractivity contribution in [3.63, 3.8) is 0 Å². The Hall–Kier alpha value is -3.68. The second-order valence-corrected chi connectivity index (χ2v) is 9.48. The second-order valence-electron chi connectivity index (χ2n) is 9.48. The molecule has 2 amide bonds. The number of ether oxygens (including phenoxy) is 2. The van der Waals surface area contributed by atoms with Gasteiger partial charge < -0.3 is 19.7 Å². The molecule has 0 spiro atoms. The van der Waals surface area contributed by atoms with E-state index in [2.05, 4.69) is 5.32 Å². The molecule has 3 rings (SSSR count). The zero-order valence-corrected chi connectivity index (χ0v) is 20.4. The van der Waals surface area contributed by atoms with Crippen LogP contribution in [0.2, 0.25) is 0 Å². The van der Waals surface area contributed by atoms with Crippen LogP contribution in [0.15, 0.2) is 60.7 Å². The van der Waals surface area contributed by atoms with Crippen LogP contribution in [0.5, 0.6) is 0 Å². The molecule has 2 atom stereocenters. The molecule has 8 nitrogen and oxygen atoms in total. The second kappa shape index (κ2) is 11.6. The van der Waals surface area contributed by atoms with E-state index in [0.717, 1.165) is 5.56 Å². The summed E-state index contributed by atoms with van der Waals surface area (Å²) in [5.41, 5.74) is 0.490. The minimum Gasteiger partial charge on any atom is -0.459 e. The number of alkyl carbamates (subject to hydrolysis) is 1. The number of esters is 1. The van der Waals surface area contributed by atoms with Gasteiger partial charge in [0.1, 0.15) is 24.3 Å². The van der Waals surface area contributed by atoms with Crippen molar-refractivity contribution < 1.29 is 28.7 Å². The maximum atomic E-state index is 13.5. The van der Waals surface area contributed by atoms with Crippen molar-refractivity contribution in [3.05, 3.63) is 71.8 Å². The highest BCUT2D eigenvalue weighted by Gasteiger charge is 2.39. The van der Waals surface area contributed by atoms with Gasteiger partial charge in [-0.15, -0.1) is 0 Å². The van der Waals surface area contributed by atoms with Crippen LogP contribution in [-0.4, -0.2) is 52.9 Å². The number of hydrogen-bond donors (Lipinski definition) is 1. The molecule has 0 unspecified atom stereocenters. The van der Waals surface area contributed by atoms with E-state index < -0.39 is 35.7 Å². The molecule has 2 aromatic rings. The van der Waals surface area contributed by atoms with Gasteiger partial charge in [0.05, 0.1) is 0 Å². The highest BCUT2D eigenvalue weighted by atomic mass is 16.6. The van der Waals surface area contributed by atoms with Crippen molar-refractivity contribution in [1.29, 1.82) is 0 Å². The Labute approximate surface area is 205 Å². The van der Waals surface area contributed by atoms with Gasteiger partial charge in [-0.25, -0.2) is 9.59 Å². The lowest BCUT2D eigenvalue weighted by Crippen LogP contribution is -2.53. The number of ketones is 1. The van der Waals surface area contributed by atoms with Crippen molar-refractivity contribution in [2.75, 3.05) is 6.54 Å². The van der Waals surface area contributed by atoms with Crippen molar-refractivity contribution in [2.24, 2.45) is 0 Å². The number of nitrogens with zero attached hydrogens (tertiary/aromatic N) is 1. The normalized spacial score (nSPS) is 16.3. The van der Waals surface area contributed by atoms with Crippen molar-refractivity contribution in [1.82, 2.24) is 10.2 Å². The van der Waals surface area contributed by atoms with E-state index >= 15 is 0 Å². The number of carbonyl (C=O) groups is 4. The molecular weight excluding hydrogens is 448 g/mol. The molecule has 0 bridgehead atoms. The predicted molar refractivity (Wildman–Crippen MR) is 130 cm³/mol. The van der Waals surface area contributed by atoms with Gasteiger partial charge in [0.25, 0.3) is 0 Å². The van der Waals surface area contributed by atoms with Gasteiger partial charge in [-0.2, -0.15) is 0 Å². The predicted octanol–water partition coefficient (Wildman–Crippen LogP) is 3.89. The SMILES string of the molecule is CC(C)(C)OC(=O)N[C@@H](CC(=O)c1ccccc1)C(=O)N1CCC[C@H]1C(=O)OCc1ccccc1. The zero-order chi connectivity index (χ0) is 25.4. The monoisotopic (exact) mass is 480 g/mol. The Morgan fingerprint density at radius 1 is 1.00 bits per heavy atom. The quantitative estimate of drug-likeness (QED) is 0.454. The van der Waals surface area contributed by atoms with Gasteiger partial charge in [-0.1, -0.05) is 60.7 Å². The summed E-state index contributed by atoms with van der Waals surface area (Å²) in [5.74, 6) is -1.33. The Morgan fingerprint density at radius 3 is 2.26 bits per heavy atom. The van der Waals surface area contributed by atoms with Crippen LogP contribution < -0.4 is 5.32 Å². The topological polar surface area (TPSA) is 102 Å². The minimum absolute atomic E-state index is 0.101. The van der Waals surface area contributed by atoms with Gasteiger partial charge in [0.2, 0.25) is 5.91 Å². The molecule has 0 aromatic heterocycles. The van der Waals surface area contributed by atoms with Gasteiger partial charge >= 0.3 is 12.1 Å². The summed E-state index contributed by atoms with van der Waals surface area (Å²) in [6.45, 7) is 5.55. The molecule has 0 radical (unpaired) electrons. The Bertz CT molecular complexity index is 1030.